The molecular formula is C31H36N10O. The van der Waals surface area contributed by atoms with E-state index in [1.165, 1.54) is 5.56 Å². The van der Waals surface area contributed by atoms with Crippen LogP contribution in [0.15, 0.2) is 67.0 Å². The van der Waals surface area contributed by atoms with E-state index in [2.05, 4.69) is 63.2 Å². The Hall–Kier alpha value is -4.48. The number of nitrogens with one attached hydrogen (secondary N) is 4. The standard InChI is InChI=1S/C31H36N10O/c1-21-4-2-6-26(35-21)29-33-15-12-27(39-29)38-28-13-16-34-31(40-28)37-24-9-7-22(8-10-24)19-41-17-3-5-23(20-41)30(42)36-25-11-14-32-18-25/h2,4,6-10,12-13,15-16,23,25,32H,3,5,11,14,17-20H2,1H3,(H,36,42)(H2,33,34,37,38,39,40)/t23?,25-/m1/s1. The largest absolute Gasteiger partial charge is 0.352 e. The highest BCUT2D eigenvalue weighted by atomic mass is 16.2. The number of carbonyl (C=O) groups is 1. The van der Waals surface area contributed by atoms with Gasteiger partial charge in [0.2, 0.25) is 11.9 Å². The van der Waals surface area contributed by atoms with Gasteiger partial charge in [0.15, 0.2) is 5.82 Å². The van der Waals surface area contributed by atoms with Crippen molar-refractivity contribution in [1.82, 2.24) is 40.5 Å². The van der Waals surface area contributed by atoms with Crippen LogP contribution in [0.1, 0.15) is 30.5 Å². The fourth-order valence-corrected chi connectivity index (χ4v) is 5.43. The maximum absolute atomic E-state index is 12.8. The summed E-state index contributed by atoms with van der Waals surface area (Å²) < 4.78 is 0. The van der Waals surface area contributed by atoms with E-state index in [1.54, 1.807) is 24.5 Å². The number of hydrogen-bond donors (Lipinski definition) is 4. The minimum atomic E-state index is 0.0615. The van der Waals surface area contributed by atoms with Crippen LogP contribution in [0.5, 0.6) is 0 Å². The highest BCUT2D eigenvalue weighted by Crippen LogP contribution is 2.22. The SMILES string of the molecule is Cc1cccc(-c2nccc(Nc3ccnc(Nc4ccc(CN5CCCC(C(=O)N[C@@H]6CCNC6)C5)cc4)n3)n2)n1. The molecule has 3 aromatic heterocycles. The number of nitrogens with zero attached hydrogens (tertiary/aromatic N) is 6. The van der Waals surface area contributed by atoms with Gasteiger partial charge in [0.25, 0.3) is 0 Å². The molecule has 2 aliphatic rings. The lowest BCUT2D eigenvalue weighted by atomic mass is 9.96. The molecule has 0 radical (unpaired) electrons. The fourth-order valence-electron chi connectivity index (χ4n) is 5.43. The van der Waals surface area contributed by atoms with Gasteiger partial charge in [-0.05, 0) is 81.2 Å². The van der Waals surface area contributed by atoms with E-state index >= 15 is 0 Å². The first-order valence-electron chi connectivity index (χ1n) is 14.5. The van der Waals surface area contributed by atoms with Crippen LogP contribution in [-0.4, -0.2) is 67.9 Å². The van der Waals surface area contributed by atoms with Crippen molar-refractivity contribution in [2.24, 2.45) is 5.92 Å². The zero-order valence-electron chi connectivity index (χ0n) is 23.8. The zero-order valence-corrected chi connectivity index (χ0v) is 23.8. The number of piperidine rings is 1. The average molecular weight is 565 g/mol. The molecular weight excluding hydrogens is 528 g/mol. The van der Waals surface area contributed by atoms with Gasteiger partial charge in [-0.1, -0.05) is 18.2 Å². The third-order valence-electron chi connectivity index (χ3n) is 7.58. The third kappa shape index (κ3) is 7.23. The van der Waals surface area contributed by atoms with Crippen LogP contribution in [0, 0.1) is 12.8 Å². The Morgan fingerprint density at radius 2 is 1.79 bits per heavy atom. The van der Waals surface area contributed by atoms with Gasteiger partial charge in [0, 0.05) is 49.5 Å². The minimum absolute atomic E-state index is 0.0615. The molecule has 11 heteroatoms. The molecule has 1 unspecified atom stereocenters. The first-order chi connectivity index (χ1) is 20.6. The van der Waals surface area contributed by atoms with E-state index in [4.69, 9.17) is 0 Å². The molecule has 0 saturated carbocycles. The molecule has 42 heavy (non-hydrogen) atoms. The lowest BCUT2D eigenvalue weighted by molar-refractivity contribution is -0.127. The van der Waals surface area contributed by atoms with Crippen LogP contribution in [0.4, 0.5) is 23.3 Å². The van der Waals surface area contributed by atoms with Crippen molar-refractivity contribution < 1.29 is 4.79 Å². The van der Waals surface area contributed by atoms with Crippen LogP contribution in [0.25, 0.3) is 11.5 Å². The predicted octanol–water partition coefficient (Wildman–Crippen LogP) is 3.81. The van der Waals surface area contributed by atoms with Gasteiger partial charge in [0.1, 0.15) is 17.3 Å². The van der Waals surface area contributed by atoms with E-state index in [-0.39, 0.29) is 17.9 Å². The molecule has 2 saturated heterocycles. The lowest BCUT2D eigenvalue weighted by Crippen LogP contribution is -2.46. The van der Waals surface area contributed by atoms with Crippen molar-refractivity contribution >= 4 is 29.2 Å². The Bertz CT molecular complexity index is 1510. The smallest absolute Gasteiger partial charge is 0.229 e. The van der Waals surface area contributed by atoms with E-state index in [0.29, 0.717) is 23.4 Å². The molecule has 1 aromatic carbocycles. The number of likely N-dealkylation sites (tertiary alicyclic amines) is 1. The Kier molecular flexibility index (Phi) is 8.57. The van der Waals surface area contributed by atoms with Crippen LogP contribution < -0.4 is 21.3 Å². The molecule has 2 fully saturated rings. The zero-order chi connectivity index (χ0) is 28.7. The molecule has 0 aliphatic carbocycles. The Morgan fingerprint density at radius 1 is 0.952 bits per heavy atom. The van der Waals surface area contributed by atoms with Crippen molar-refractivity contribution in [3.8, 4) is 11.5 Å². The van der Waals surface area contributed by atoms with Crippen molar-refractivity contribution in [2.45, 2.75) is 38.8 Å². The summed E-state index contributed by atoms with van der Waals surface area (Å²) in [6.45, 7) is 6.44. The number of benzene rings is 1. The second-order valence-corrected chi connectivity index (χ2v) is 10.9. The van der Waals surface area contributed by atoms with E-state index < -0.39 is 0 Å². The van der Waals surface area contributed by atoms with Crippen LogP contribution in [0.2, 0.25) is 0 Å². The summed E-state index contributed by atoms with van der Waals surface area (Å²) >= 11 is 0. The van der Waals surface area contributed by atoms with E-state index in [9.17, 15) is 4.79 Å². The number of aromatic nitrogens is 5. The van der Waals surface area contributed by atoms with Gasteiger partial charge >= 0.3 is 0 Å². The molecule has 0 spiro atoms. The van der Waals surface area contributed by atoms with Crippen molar-refractivity contribution in [2.75, 3.05) is 36.8 Å². The maximum Gasteiger partial charge on any atom is 0.229 e. The van der Waals surface area contributed by atoms with Gasteiger partial charge in [-0.15, -0.1) is 0 Å². The molecule has 0 bridgehead atoms. The number of carbonyl (C=O) groups excluding carboxylic acids is 1. The monoisotopic (exact) mass is 564 g/mol. The second-order valence-electron chi connectivity index (χ2n) is 10.9. The first-order valence-corrected chi connectivity index (χ1v) is 14.5. The second kappa shape index (κ2) is 13.0. The van der Waals surface area contributed by atoms with E-state index in [1.807, 2.05) is 37.3 Å². The van der Waals surface area contributed by atoms with Crippen LogP contribution in [0.3, 0.4) is 0 Å². The highest BCUT2D eigenvalue weighted by Gasteiger charge is 2.28. The Labute approximate surface area is 245 Å². The highest BCUT2D eigenvalue weighted by molar-refractivity contribution is 5.79. The summed E-state index contributed by atoms with van der Waals surface area (Å²) in [6.07, 6.45) is 6.42. The lowest BCUT2D eigenvalue weighted by Gasteiger charge is -2.32. The van der Waals surface area contributed by atoms with E-state index in [0.717, 1.165) is 69.1 Å². The summed E-state index contributed by atoms with van der Waals surface area (Å²) in [7, 11) is 0. The summed E-state index contributed by atoms with van der Waals surface area (Å²) in [5, 5.41) is 13.1. The minimum Gasteiger partial charge on any atom is -0.352 e. The molecule has 4 aromatic rings. The number of anilines is 4. The topological polar surface area (TPSA) is 133 Å². The Morgan fingerprint density at radius 3 is 2.60 bits per heavy atom. The number of hydrogen-bond acceptors (Lipinski definition) is 10. The van der Waals surface area contributed by atoms with Gasteiger partial charge in [-0.25, -0.2) is 19.9 Å². The fraction of sp³-hybridized carbons (Fsp3) is 0.355. The number of aryl methyl sites for hydroxylation is 1. The average Bonchev–Trinajstić information content (AvgIpc) is 3.52. The normalized spacial score (nSPS) is 18.9. The maximum atomic E-state index is 12.8. The van der Waals surface area contributed by atoms with Gasteiger partial charge in [0.05, 0.1) is 5.92 Å². The molecule has 5 heterocycles. The molecule has 2 atom stereocenters. The predicted molar refractivity (Wildman–Crippen MR) is 162 cm³/mol. The molecule has 1 amide bonds. The van der Waals surface area contributed by atoms with Crippen molar-refractivity contribution in [1.29, 1.82) is 0 Å². The third-order valence-corrected chi connectivity index (χ3v) is 7.58. The van der Waals surface area contributed by atoms with Crippen LogP contribution >= 0.6 is 0 Å². The van der Waals surface area contributed by atoms with Gasteiger partial charge < -0.3 is 21.3 Å². The summed E-state index contributed by atoms with van der Waals surface area (Å²) in [6, 6.07) is 17.9. The van der Waals surface area contributed by atoms with Gasteiger partial charge in [-0.3, -0.25) is 9.69 Å². The summed E-state index contributed by atoms with van der Waals surface area (Å²) in [4.78, 5) is 37.6. The first kappa shape index (κ1) is 27.7. The van der Waals surface area contributed by atoms with Crippen molar-refractivity contribution in [3.05, 3.63) is 78.2 Å². The van der Waals surface area contributed by atoms with Gasteiger partial charge in [-0.2, -0.15) is 4.98 Å². The number of amides is 1. The molecule has 216 valence electrons. The number of rotatable bonds is 9. The summed E-state index contributed by atoms with van der Waals surface area (Å²) in [5.41, 5.74) is 3.73. The van der Waals surface area contributed by atoms with Crippen LogP contribution in [-0.2, 0) is 11.3 Å². The number of pyridine rings is 1. The van der Waals surface area contributed by atoms with Crippen molar-refractivity contribution in [3.63, 3.8) is 0 Å². The quantitative estimate of drug-likeness (QED) is 0.238. The molecule has 11 nitrogen and oxygen atoms in total. The molecule has 6 rings (SSSR count). The molecule has 2 aliphatic heterocycles. The summed E-state index contributed by atoms with van der Waals surface area (Å²) in [5.74, 6) is 2.51. The molecule has 4 N–H and O–H groups in total. The Balaban J connectivity index is 1.03.